The van der Waals surface area contributed by atoms with Crippen LogP contribution in [0.5, 0.6) is 0 Å². The summed E-state index contributed by atoms with van der Waals surface area (Å²) in [5.74, 6) is 1.07. The zero-order valence-corrected chi connectivity index (χ0v) is 17.5. The van der Waals surface area contributed by atoms with Crippen LogP contribution in [-0.4, -0.2) is 22.7 Å². The molecule has 5 rings (SSSR count). The van der Waals surface area contributed by atoms with E-state index in [0.717, 1.165) is 36.2 Å². The van der Waals surface area contributed by atoms with Crippen molar-refractivity contribution in [3.05, 3.63) is 114 Å². The van der Waals surface area contributed by atoms with Crippen molar-refractivity contribution in [2.24, 2.45) is 5.92 Å². The fourth-order valence-electron chi connectivity index (χ4n) is 5.34. The Bertz CT molecular complexity index is 1100. The largest absolute Gasteiger partial charge is 0.467 e. The van der Waals surface area contributed by atoms with E-state index < -0.39 is 0 Å². The third-order valence-electron chi connectivity index (χ3n) is 6.58. The molecule has 0 radical (unpaired) electrons. The van der Waals surface area contributed by atoms with Crippen molar-refractivity contribution in [1.82, 2.24) is 0 Å². The lowest BCUT2D eigenvalue weighted by Gasteiger charge is -2.41. The fraction of sp³-hybridized carbons (Fsp3) is 0.214. The number of benzene rings is 3. The van der Waals surface area contributed by atoms with Gasteiger partial charge in [0.25, 0.3) is 0 Å². The Morgan fingerprint density at radius 3 is 1.73 bits per heavy atom. The molecule has 0 aromatic heterocycles. The highest BCUT2D eigenvalue weighted by Crippen LogP contribution is 2.53. The quantitative estimate of drug-likeness (QED) is 0.488. The van der Waals surface area contributed by atoms with Crippen molar-refractivity contribution < 1.29 is 9.59 Å². The maximum Gasteiger partial charge on any atom is 0.303 e. The van der Waals surface area contributed by atoms with Gasteiger partial charge in [0.2, 0.25) is 0 Å². The van der Waals surface area contributed by atoms with E-state index >= 15 is 0 Å². The van der Waals surface area contributed by atoms with E-state index in [4.69, 9.17) is 0 Å². The van der Waals surface area contributed by atoms with Crippen molar-refractivity contribution >= 4 is 16.8 Å². The Kier molecular flexibility index (Phi) is 4.80. The molecule has 2 aliphatic rings. The van der Waals surface area contributed by atoms with Crippen molar-refractivity contribution in [1.29, 1.82) is 0 Å². The standard InChI is InChI=1S/C28H27NO/c1-21-12-11-19-29(20-21)27(24-17-9-4-10-18-24)25(22-13-5-2-6-14-22)26(28(29)30)23-15-7-3-8-16-23/h2-10,13-18,21H,11-12,19-20H2,1H3/p+1. The third-order valence-corrected chi connectivity index (χ3v) is 6.58. The SMILES string of the molecule is CC1CCC[N+]2(C1)C(O)=C(c1ccccc1)C(c1ccccc1)=C2c1ccccc1. The third kappa shape index (κ3) is 3.00. The van der Waals surface area contributed by atoms with Crippen molar-refractivity contribution in [3.8, 4) is 0 Å². The van der Waals surface area contributed by atoms with Gasteiger partial charge in [-0.05, 0) is 36.1 Å². The van der Waals surface area contributed by atoms with Crippen LogP contribution in [0.25, 0.3) is 16.8 Å². The first kappa shape index (κ1) is 18.9. The summed E-state index contributed by atoms with van der Waals surface area (Å²) in [5.41, 5.74) is 6.83. The van der Waals surface area contributed by atoms with E-state index in [1.54, 1.807) is 0 Å². The molecule has 30 heavy (non-hydrogen) atoms. The van der Waals surface area contributed by atoms with Gasteiger partial charge in [-0.25, -0.2) is 4.48 Å². The van der Waals surface area contributed by atoms with E-state index in [1.807, 2.05) is 6.07 Å². The minimum atomic E-state index is 0.505. The summed E-state index contributed by atoms with van der Waals surface area (Å²) in [6, 6.07) is 31.6. The maximum atomic E-state index is 11.9. The molecule has 3 aromatic carbocycles. The number of hydrogen-bond donors (Lipinski definition) is 1. The summed E-state index contributed by atoms with van der Waals surface area (Å²) in [5, 5.41) is 11.9. The number of aliphatic hydroxyl groups is 1. The minimum Gasteiger partial charge on any atom is -0.467 e. The zero-order chi connectivity index (χ0) is 20.6. The molecule has 2 heterocycles. The van der Waals surface area contributed by atoms with Crippen molar-refractivity contribution in [2.45, 2.75) is 19.8 Å². The van der Waals surface area contributed by atoms with E-state index in [9.17, 15) is 5.11 Å². The summed E-state index contributed by atoms with van der Waals surface area (Å²) in [7, 11) is 0. The van der Waals surface area contributed by atoms with Crippen LogP contribution in [0, 0.1) is 5.92 Å². The second-order valence-electron chi connectivity index (χ2n) is 8.64. The second kappa shape index (κ2) is 7.62. The lowest BCUT2D eigenvalue weighted by atomic mass is 9.90. The van der Waals surface area contributed by atoms with E-state index in [1.165, 1.54) is 23.3 Å². The van der Waals surface area contributed by atoms with Crippen LogP contribution in [0.4, 0.5) is 0 Å². The van der Waals surface area contributed by atoms with Crippen LogP contribution in [0.1, 0.15) is 36.5 Å². The van der Waals surface area contributed by atoms with Gasteiger partial charge in [-0.1, -0.05) is 85.8 Å². The average Bonchev–Trinajstić information content (AvgIpc) is 3.03. The molecule has 2 nitrogen and oxygen atoms in total. The number of quaternary nitrogens is 1. The molecular weight excluding hydrogens is 366 g/mol. The lowest BCUT2D eigenvalue weighted by Crippen LogP contribution is -2.50. The van der Waals surface area contributed by atoms with Crippen LogP contribution >= 0.6 is 0 Å². The Balaban J connectivity index is 1.87. The minimum absolute atomic E-state index is 0.505. The first-order valence-corrected chi connectivity index (χ1v) is 10.9. The van der Waals surface area contributed by atoms with Gasteiger partial charge in [0.05, 0.1) is 24.2 Å². The Labute approximate surface area is 179 Å². The van der Waals surface area contributed by atoms with E-state index in [0.29, 0.717) is 16.3 Å². The highest BCUT2D eigenvalue weighted by Gasteiger charge is 2.51. The number of piperidine rings is 1. The molecule has 0 saturated carbocycles. The first-order chi connectivity index (χ1) is 14.7. The predicted molar refractivity (Wildman–Crippen MR) is 124 cm³/mol. The number of rotatable bonds is 3. The molecule has 150 valence electrons. The second-order valence-corrected chi connectivity index (χ2v) is 8.64. The molecule has 2 heteroatoms. The molecule has 0 amide bonds. The summed E-state index contributed by atoms with van der Waals surface area (Å²) >= 11 is 0. The smallest absolute Gasteiger partial charge is 0.303 e. The fourth-order valence-corrected chi connectivity index (χ4v) is 5.34. The zero-order valence-electron chi connectivity index (χ0n) is 17.5. The predicted octanol–water partition coefficient (Wildman–Crippen LogP) is 6.74. The van der Waals surface area contributed by atoms with Crippen molar-refractivity contribution in [3.63, 3.8) is 0 Å². The summed E-state index contributed by atoms with van der Waals surface area (Å²) < 4.78 is 0.555. The van der Waals surface area contributed by atoms with Crippen LogP contribution < -0.4 is 0 Å². The Morgan fingerprint density at radius 2 is 1.20 bits per heavy atom. The van der Waals surface area contributed by atoms with Gasteiger partial charge in [-0.3, -0.25) is 0 Å². The normalized spacial score (nSPS) is 24.0. The van der Waals surface area contributed by atoms with Gasteiger partial charge in [0, 0.05) is 11.5 Å². The molecule has 0 aliphatic carbocycles. The number of allylic oxidation sites excluding steroid dienone is 2. The number of hydrogen-bond acceptors (Lipinski definition) is 1. The van der Waals surface area contributed by atoms with Crippen LogP contribution in [0.2, 0.25) is 0 Å². The topological polar surface area (TPSA) is 20.2 Å². The molecule has 3 aromatic rings. The van der Waals surface area contributed by atoms with Crippen LogP contribution in [0.3, 0.4) is 0 Å². The molecule has 1 spiro atoms. The maximum absolute atomic E-state index is 11.9. The molecule has 1 fully saturated rings. The molecule has 2 aliphatic heterocycles. The van der Waals surface area contributed by atoms with Crippen LogP contribution in [-0.2, 0) is 0 Å². The molecule has 2 atom stereocenters. The summed E-state index contributed by atoms with van der Waals surface area (Å²) in [6.07, 6.45) is 2.34. The molecule has 1 N–H and O–H groups in total. The van der Waals surface area contributed by atoms with E-state index in [2.05, 4.69) is 91.9 Å². The molecular formula is C28H28NO+. The Morgan fingerprint density at radius 1 is 0.700 bits per heavy atom. The summed E-state index contributed by atoms with van der Waals surface area (Å²) in [4.78, 5) is 0. The van der Waals surface area contributed by atoms with Gasteiger partial charge in [0.1, 0.15) is 0 Å². The summed E-state index contributed by atoms with van der Waals surface area (Å²) in [6.45, 7) is 4.19. The van der Waals surface area contributed by atoms with Gasteiger partial charge < -0.3 is 5.11 Å². The highest BCUT2D eigenvalue weighted by atomic mass is 16.3. The molecule has 2 unspecified atom stereocenters. The number of aliphatic hydroxyl groups excluding tert-OH is 1. The first-order valence-electron chi connectivity index (χ1n) is 10.9. The van der Waals surface area contributed by atoms with Gasteiger partial charge in [-0.2, -0.15) is 0 Å². The highest BCUT2D eigenvalue weighted by molar-refractivity contribution is 6.16. The lowest BCUT2D eigenvalue weighted by molar-refractivity contribution is -0.843. The van der Waals surface area contributed by atoms with Crippen LogP contribution in [0.15, 0.2) is 96.9 Å². The van der Waals surface area contributed by atoms with Gasteiger partial charge >= 0.3 is 5.88 Å². The van der Waals surface area contributed by atoms with Gasteiger partial charge in [0.15, 0.2) is 5.70 Å². The van der Waals surface area contributed by atoms with Gasteiger partial charge in [-0.15, -0.1) is 0 Å². The van der Waals surface area contributed by atoms with E-state index in [-0.39, 0.29) is 0 Å². The molecule has 0 bridgehead atoms. The average molecular weight is 395 g/mol. The number of nitrogens with zero attached hydrogens (tertiary/aromatic N) is 1. The monoisotopic (exact) mass is 394 g/mol. The Hall–Kier alpha value is -3.10. The molecule has 1 saturated heterocycles. The van der Waals surface area contributed by atoms with Crippen molar-refractivity contribution in [2.75, 3.05) is 13.1 Å².